The van der Waals surface area contributed by atoms with Crippen molar-refractivity contribution in [1.82, 2.24) is 15.0 Å². The summed E-state index contributed by atoms with van der Waals surface area (Å²) < 4.78 is 47.7. The molecule has 0 amide bonds. The molecule has 4 rings (SSSR count). The summed E-state index contributed by atoms with van der Waals surface area (Å²) in [5.74, 6) is -5.68. The zero-order valence-electron chi connectivity index (χ0n) is 18.9. The van der Waals surface area contributed by atoms with Gasteiger partial charge in [-0.15, -0.1) is 5.10 Å². The fourth-order valence-corrected chi connectivity index (χ4v) is 3.95. The molecule has 2 aromatic carbocycles. The van der Waals surface area contributed by atoms with E-state index in [0.717, 1.165) is 18.5 Å². The van der Waals surface area contributed by atoms with Gasteiger partial charge in [-0.3, -0.25) is 0 Å². The van der Waals surface area contributed by atoms with Gasteiger partial charge in [-0.1, -0.05) is 17.3 Å². The van der Waals surface area contributed by atoms with Crippen LogP contribution < -0.4 is 5.73 Å². The first-order chi connectivity index (χ1) is 17.7. The van der Waals surface area contributed by atoms with Crippen LogP contribution in [0.15, 0.2) is 52.6 Å². The molecule has 194 valence electrons. The van der Waals surface area contributed by atoms with Gasteiger partial charge < -0.3 is 25.8 Å². The Hall–Kier alpha value is -4.14. The first kappa shape index (κ1) is 25.9. The second kappa shape index (κ2) is 10.9. The molecule has 0 saturated carbocycles. The number of amidine groups is 1. The van der Waals surface area contributed by atoms with Gasteiger partial charge in [0.25, 0.3) is 0 Å². The van der Waals surface area contributed by atoms with E-state index in [1.165, 1.54) is 29.1 Å². The molecule has 0 radical (unpaired) electrons. The molecule has 5 N–H and O–H groups in total. The van der Waals surface area contributed by atoms with E-state index in [1.807, 2.05) is 0 Å². The van der Waals surface area contributed by atoms with Crippen LogP contribution in [0, 0.1) is 17.5 Å². The summed E-state index contributed by atoms with van der Waals surface area (Å²) in [7, 11) is 0. The van der Waals surface area contributed by atoms with Crippen molar-refractivity contribution in [3.63, 3.8) is 0 Å². The van der Waals surface area contributed by atoms with E-state index in [4.69, 9.17) is 10.5 Å². The Labute approximate surface area is 207 Å². The molecule has 14 heteroatoms. The van der Waals surface area contributed by atoms with Gasteiger partial charge in [-0.25, -0.2) is 32.6 Å². The second-order valence-electron chi connectivity index (χ2n) is 8.05. The molecule has 37 heavy (non-hydrogen) atoms. The standard InChI is InChI=1S/C23H21F3N6O5/c24-13-5-11(6-14(25)20(13)26)16-8-32(31-30-16)17-7-18(37-19(9-33)21(17)34)22(28-10-27)29-15-4-2-1-3-12(15)23(35)36/h1-6,8,10,17-19,21,33-34H,7,9H2,(H,35,36)(H2,27,28,29). The van der Waals surface area contributed by atoms with Crippen molar-refractivity contribution in [2.45, 2.75) is 30.8 Å². The number of nitrogens with zero attached hydrogens (tertiary/aromatic N) is 5. The highest BCUT2D eigenvalue weighted by molar-refractivity contribution is 5.98. The normalized spacial score (nSPS) is 22.5. The van der Waals surface area contributed by atoms with Gasteiger partial charge in [0.05, 0.1) is 36.4 Å². The minimum atomic E-state index is -1.62. The van der Waals surface area contributed by atoms with Crippen LogP contribution in [-0.4, -0.2) is 73.4 Å². The fourth-order valence-electron chi connectivity index (χ4n) is 3.95. The summed E-state index contributed by atoms with van der Waals surface area (Å²) in [4.78, 5) is 19.9. The van der Waals surface area contributed by atoms with Crippen LogP contribution in [0.3, 0.4) is 0 Å². The minimum Gasteiger partial charge on any atom is -0.478 e. The fraction of sp³-hybridized carbons (Fsp3) is 0.261. The van der Waals surface area contributed by atoms with E-state index in [0.29, 0.717) is 0 Å². The number of aromatic carboxylic acids is 1. The number of para-hydroxylation sites is 1. The van der Waals surface area contributed by atoms with E-state index >= 15 is 0 Å². The van der Waals surface area contributed by atoms with Crippen molar-refractivity contribution in [1.29, 1.82) is 0 Å². The lowest BCUT2D eigenvalue weighted by Crippen LogP contribution is -2.49. The number of benzene rings is 2. The second-order valence-corrected chi connectivity index (χ2v) is 8.05. The van der Waals surface area contributed by atoms with Crippen LogP contribution in [-0.2, 0) is 4.74 Å². The predicted molar refractivity (Wildman–Crippen MR) is 124 cm³/mol. The van der Waals surface area contributed by atoms with E-state index < -0.39 is 54.4 Å². The number of aliphatic hydroxyl groups excluding tert-OH is 2. The highest BCUT2D eigenvalue weighted by atomic mass is 19.2. The van der Waals surface area contributed by atoms with Gasteiger partial charge in [0.2, 0.25) is 0 Å². The highest BCUT2D eigenvalue weighted by Crippen LogP contribution is 2.32. The lowest BCUT2D eigenvalue weighted by molar-refractivity contribution is -0.137. The number of hydrogen-bond acceptors (Lipinski definition) is 7. The van der Waals surface area contributed by atoms with Crippen LogP contribution >= 0.6 is 0 Å². The molecule has 1 aliphatic rings. The number of hydrogen-bond donors (Lipinski definition) is 4. The van der Waals surface area contributed by atoms with Crippen molar-refractivity contribution < 1.29 is 38.0 Å². The number of aliphatic hydroxyl groups is 2. The van der Waals surface area contributed by atoms with Crippen LogP contribution in [0.1, 0.15) is 22.8 Å². The average Bonchev–Trinajstić information content (AvgIpc) is 3.37. The smallest absolute Gasteiger partial charge is 0.337 e. The number of rotatable bonds is 6. The molecule has 4 atom stereocenters. The van der Waals surface area contributed by atoms with E-state index in [9.17, 15) is 33.3 Å². The number of carboxylic acids is 1. The van der Waals surface area contributed by atoms with Gasteiger partial charge in [-0.2, -0.15) is 0 Å². The molecule has 2 heterocycles. The molecular weight excluding hydrogens is 497 g/mol. The first-order valence-electron chi connectivity index (χ1n) is 10.9. The summed E-state index contributed by atoms with van der Waals surface area (Å²) >= 11 is 0. The lowest BCUT2D eigenvalue weighted by Gasteiger charge is -2.38. The summed E-state index contributed by atoms with van der Waals surface area (Å²) in [6.45, 7) is -0.602. The predicted octanol–water partition coefficient (Wildman–Crippen LogP) is 1.83. The number of aromatic nitrogens is 3. The molecule has 1 fully saturated rings. The topological polar surface area (TPSA) is 168 Å². The Kier molecular flexibility index (Phi) is 7.61. The van der Waals surface area contributed by atoms with Crippen molar-refractivity contribution in [3.8, 4) is 11.3 Å². The van der Waals surface area contributed by atoms with Crippen molar-refractivity contribution in [3.05, 3.63) is 65.6 Å². The molecule has 0 bridgehead atoms. The van der Waals surface area contributed by atoms with Crippen molar-refractivity contribution >= 4 is 23.8 Å². The maximum Gasteiger partial charge on any atom is 0.337 e. The molecule has 0 spiro atoms. The Balaban J connectivity index is 1.69. The first-order valence-corrected chi connectivity index (χ1v) is 10.9. The number of nitrogens with two attached hydrogens (primary N) is 1. The SMILES string of the molecule is NC=NC(=Nc1ccccc1C(=O)O)C1CC(n2cc(-c3cc(F)c(F)c(F)c3)nn2)C(O)C(CO)O1. The van der Waals surface area contributed by atoms with Crippen LogP contribution in [0.2, 0.25) is 0 Å². The van der Waals surface area contributed by atoms with E-state index in [-0.39, 0.29) is 34.8 Å². The minimum absolute atomic E-state index is 0.00199. The largest absolute Gasteiger partial charge is 0.478 e. The van der Waals surface area contributed by atoms with E-state index in [2.05, 4.69) is 20.3 Å². The number of carboxylic acid groups (broad SMARTS) is 1. The van der Waals surface area contributed by atoms with Crippen LogP contribution in [0.25, 0.3) is 11.3 Å². The summed E-state index contributed by atoms with van der Waals surface area (Å²) in [5, 5.41) is 37.8. The number of aliphatic imine (C=N–C) groups is 2. The molecule has 3 aromatic rings. The lowest BCUT2D eigenvalue weighted by atomic mass is 9.95. The highest BCUT2D eigenvalue weighted by Gasteiger charge is 2.41. The third kappa shape index (κ3) is 5.35. The molecule has 1 aliphatic heterocycles. The van der Waals surface area contributed by atoms with E-state index in [1.54, 1.807) is 6.07 Å². The summed E-state index contributed by atoms with van der Waals surface area (Å²) in [5.41, 5.74) is 5.36. The number of carbonyl (C=O) groups is 1. The zero-order valence-corrected chi connectivity index (χ0v) is 18.9. The third-order valence-corrected chi connectivity index (χ3v) is 5.74. The maximum atomic E-state index is 13.7. The molecule has 11 nitrogen and oxygen atoms in total. The van der Waals surface area contributed by atoms with Crippen LogP contribution in [0.4, 0.5) is 18.9 Å². The quantitative estimate of drug-likeness (QED) is 0.218. The van der Waals surface area contributed by atoms with Crippen molar-refractivity contribution in [2.24, 2.45) is 15.7 Å². The Bertz CT molecular complexity index is 1340. The Morgan fingerprint density at radius 1 is 1.24 bits per heavy atom. The van der Waals surface area contributed by atoms with Gasteiger partial charge in [0.15, 0.2) is 23.3 Å². The summed E-state index contributed by atoms with van der Waals surface area (Å²) in [6, 6.07) is 6.55. The average molecular weight is 518 g/mol. The number of halogens is 3. The monoisotopic (exact) mass is 518 g/mol. The molecule has 0 aliphatic carbocycles. The molecule has 4 unspecified atom stereocenters. The summed E-state index contributed by atoms with van der Waals surface area (Å²) in [6.07, 6.45) is -1.22. The molecule has 1 aromatic heterocycles. The van der Waals surface area contributed by atoms with Gasteiger partial charge in [0, 0.05) is 12.0 Å². The van der Waals surface area contributed by atoms with Gasteiger partial charge in [0.1, 0.15) is 24.0 Å². The molecular formula is C23H21F3N6O5. The van der Waals surface area contributed by atoms with Gasteiger partial charge in [-0.05, 0) is 24.3 Å². The van der Waals surface area contributed by atoms with Crippen molar-refractivity contribution in [2.75, 3.05) is 6.61 Å². The van der Waals surface area contributed by atoms with Gasteiger partial charge >= 0.3 is 5.97 Å². The molecule has 1 saturated heterocycles. The Morgan fingerprint density at radius 3 is 2.59 bits per heavy atom. The zero-order chi connectivity index (χ0) is 26.7. The van der Waals surface area contributed by atoms with Crippen LogP contribution in [0.5, 0.6) is 0 Å². The Morgan fingerprint density at radius 2 is 1.95 bits per heavy atom. The number of ether oxygens (including phenoxy) is 1. The third-order valence-electron chi connectivity index (χ3n) is 5.74. The maximum absolute atomic E-state index is 13.7.